The van der Waals surface area contributed by atoms with Gasteiger partial charge in [-0.3, -0.25) is 9.88 Å². The van der Waals surface area contributed by atoms with Crippen LogP contribution in [0.25, 0.3) is 0 Å². The molecule has 0 radical (unpaired) electrons. The molecule has 5 rings (SSSR count). The van der Waals surface area contributed by atoms with Crippen molar-refractivity contribution in [1.29, 1.82) is 0 Å². The van der Waals surface area contributed by atoms with Gasteiger partial charge in [0.25, 0.3) is 0 Å². The molecule has 2 saturated heterocycles. The van der Waals surface area contributed by atoms with E-state index in [2.05, 4.69) is 33.8 Å². The van der Waals surface area contributed by atoms with E-state index < -0.39 is 0 Å². The van der Waals surface area contributed by atoms with Gasteiger partial charge in [-0.05, 0) is 64.1 Å². The molecule has 6 heteroatoms. The Balaban J connectivity index is 1.33. The van der Waals surface area contributed by atoms with Crippen LogP contribution in [0.4, 0.5) is 5.82 Å². The molecule has 31 heavy (non-hydrogen) atoms. The SMILES string of the molecule is Cc1nc([C@@H]2CCCN(C3CCOCC3)C2)nc2c1CCCN2CCc1ccccn1. The summed E-state index contributed by atoms with van der Waals surface area (Å²) in [5.74, 6) is 2.70. The molecule has 5 heterocycles. The number of piperidine rings is 1. The third-order valence-electron chi connectivity index (χ3n) is 7.25. The molecule has 0 aromatic carbocycles. The molecule has 3 aliphatic rings. The molecule has 166 valence electrons. The number of hydrogen-bond acceptors (Lipinski definition) is 6. The Morgan fingerprint density at radius 2 is 1.97 bits per heavy atom. The smallest absolute Gasteiger partial charge is 0.135 e. The summed E-state index contributed by atoms with van der Waals surface area (Å²) in [6, 6.07) is 6.85. The number of pyridine rings is 1. The van der Waals surface area contributed by atoms with Crippen molar-refractivity contribution in [1.82, 2.24) is 19.9 Å². The number of hydrogen-bond donors (Lipinski definition) is 0. The first-order valence-corrected chi connectivity index (χ1v) is 12.1. The van der Waals surface area contributed by atoms with Gasteiger partial charge in [0.1, 0.15) is 11.6 Å². The first-order valence-electron chi connectivity index (χ1n) is 12.1. The summed E-state index contributed by atoms with van der Waals surface area (Å²) >= 11 is 0. The first-order chi connectivity index (χ1) is 15.3. The van der Waals surface area contributed by atoms with E-state index in [4.69, 9.17) is 14.7 Å². The number of fused-ring (bicyclic) bond motifs is 1. The molecular weight excluding hydrogens is 386 g/mol. The Morgan fingerprint density at radius 1 is 1.06 bits per heavy atom. The lowest BCUT2D eigenvalue weighted by Crippen LogP contribution is -2.45. The molecule has 2 fully saturated rings. The van der Waals surface area contributed by atoms with E-state index in [0.717, 1.165) is 70.0 Å². The number of aromatic nitrogens is 3. The highest BCUT2D eigenvalue weighted by Gasteiger charge is 2.31. The van der Waals surface area contributed by atoms with Crippen LogP contribution in [0.3, 0.4) is 0 Å². The zero-order valence-electron chi connectivity index (χ0n) is 18.8. The average Bonchev–Trinajstić information content (AvgIpc) is 2.84. The Bertz CT molecular complexity index is 868. The van der Waals surface area contributed by atoms with Gasteiger partial charge in [0.15, 0.2) is 0 Å². The van der Waals surface area contributed by atoms with Crippen LogP contribution in [0.1, 0.15) is 60.8 Å². The van der Waals surface area contributed by atoms with Crippen LogP contribution in [-0.2, 0) is 17.6 Å². The molecular formula is C25H35N5O. The zero-order chi connectivity index (χ0) is 21.0. The summed E-state index contributed by atoms with van der Waals surface area (Å²) in [6.45, 7) is 8.36. The highest BCUT2D eigenvalue weighted by molar-refractivity contribution is 5.51. The Morgan fingerprint density at radius 3 is 2.81 bits per heavy atom. The topological polar surface area (TPSA) is 54.4 Å². The molecule has 0 saturated carbocycles. The normalized spacial score (nSPS) is 23.0. The van der Waals surface area contributed by atoms with Gasteiger partial charge < -0.3 is 9.64 Å². The van der Waals surface area contributed by atoms with E-state index in [-0.39, 0.29) is 0 Å². The third-order valence-corrected chi connectivity index (χ3v) is 7.25. The van der Waals surface area contributed by atoms with Crippen LogP contribution in [0.5, 0.6) is 0 Å². The quantitative estimate of drug-likeness (QED) is 0.736. The standard InChI is InChI=1S/C25H35N5O/c1-19-23-8-5-13-29(15-9-21-7-2-3-12-26-21)25(23)28-24(27-19)20-6-4-14-30(18-20)22-10-16-31-17-11-22/h2-3,7,12,20,22H,4-6,8-11,13-18H2,1H3/t20-/m1/s1. The van der Waals surface area contributed by atoms with Gasteiger partial charge in [-0.2, -0.15) is 0 Å². The first kappa shape index (κ1) is 20.8. The fourth-order valence-electron chi connectivity index (χ4n) is 5.50. The fraction of sp³-hybridized carbons (Fsp3) is 0.640. The Kier molecular flexibility index (Phi) is 6.46. The monoisotopic (exact) mass is 421 g/mol. The maximum atomic E-state index is 5.59. The summed E-state index contributed by atoms with van der Waals surface area (Å²) < 4.78 is 5.59. The lowest BCUT2D eigenvalue weighted by molar-refractivity contribution is 0.0235. The lowest BCUT2D eigenvalue weighted by Gasteiger charge is -2.40. The predicted molar refractivity (Wildman–Crippen MR) is 123 cm³/mol. The minimum absolute atomic E-state index is 0.445. The fourth-order valence-corrected chi connectivity index (χ4v) is 5.50. The van der Waals surface area contributed by atoms with Crippen LogP contribution >= 0.6 is 0 Å². The molecule has 6 nitrogen and oxygen atoms in total. The van der Waals surface area contributed by atoms with Crippen molar-refractivity contribution in [2.75, 3.05) is 44.3 Å². The van der Waals surface area contributed by atoms with Crippen molar-refractivity contribution in [3.63, 3.8) is 0 Å². The maximum Gasteiger partial charge on any atom is 0.135 e. The van der Waals surface area contributed by atoms with Crippen molar-refractivity contribution in [2.45, 2.75) is 63.8 Å². The van der Waals surface area contributed by atoms with Gasteiger partial charge in [0.05, 0.1) is 0 Å². The number of nitrogens with zero attached hydrogens (tertiary/aromatic N) is 5. The number of anilines is 1. The van der Waals surface area contributed by atoms with Crippen molar-refractivity contribution < 1.29 is 4.74 Å². The van der Waals surface area contributed by atoms with E-state index in [1.54, 1.807) is 0 Å². The predicted octanol–water partition coefficient (Wildman–Crippen LogP) is 3.53. The third kappa shape index (κ3) is 4.75. The second kappa shape index (κ2) is 9.61. The maximum absolute atomic E-state index is 5.59. The zero-order valence-corrected chi connectivity index (χ0v) is 18.8. The molecule has 0 spiro atoms. The van der Waals surface area contributed by atoms with Crippen LogP contribution in [0.2, 0.25) is 0 Å². The van der Waals surface area contributed by atoms with Crippen LogP contribution in [0, 0.1) is 6.92 Å². The van der Waals surface area contributed by atoms with Crippen LogP contribution < -0.4 is 4.90 Å². The summed E-state index contributed by atoms with van der Waals surface area (Å²) in [5, 5.41) is 0. The van der Waals surface area contributed by atoms with Gasteiger partial charge in [-0.15, -0.1) is 0 Å². The molecule has 1 atom stereocenters. The minimum Gasteiger partial charge on any atom is -0.381 e. The number of rotatable bonds is 5. The lowest BCUT2D eigenvalue weighted by atomic mass is 9.93. The molecule has 0 amide bonds. The Hall–Kier alpha value is -2.05. The largest absolute Gasteiger partial charge is 0.381 e. The van der Waals surface area contributed by atoms with Crippen molar-refractivity contribution >= 4 is 5.82 Å². The summed E-state index contributed by atoms with van der Waals surface area (Å²) in [4.78, 5) is 19.9. The molecule has 0 unspecified atom stereocenters. The van der Waals surface area contributed by atoms with E-state index >= 15 is 0 Å². The molecule has 0 N–H and O–H groups in total. The van der Waals surface area contributed by atoms with Crippen LogP contribution in [-0.4, -0.2) is 65.3 Å². The van der Waals surface area contributed by atoms with Crippen molar-refractivity contribution in [3.8, 4) is 0 Å². The highest BCUT2D eigenvalue weighted by atomic mass is 16.5. The van der Waals surface area contributed by atoms with Gasteiger partial charge in [-0.25, -0.2) is 9.97 Å². The molecule has 0 aliphatic carbocycles. The summed E-state index contributed by atoms with van der Waals surface area (Å²) in [7, 11) is 0. The van der Waals surface area contributed by atoms with Gasteiger partial charge in [0, 0.05) is 74.4 Å². The van der Waals surface area contributed by atoms with Crippen molar-refractivity contribution in [3.05, 3.63) is 47.2 Å². The molecule has 0 bridgehead atoms. The van der Waals surface area contributed by atoms with E-state index in [9.17, 15) is 0 Å². The van der Waals surface area contributed by atoms with E-state index in [1.807, 2.05) is 12.3 Å². The van der Waals surface area contributed by atoms with Gasteiger partial charge in [0.2, 0.25) is 0 Å². The number of ether oxygens (including phenoxy) is 1. The highest BCUT2D eigenvalue weighted by Crippen LogP contribution is 2.33. The number of aryl methyl sites for hydroxylation is 1. The Labute approximate surface area is 186 Å². The van der Waals surface area contributed by atoms with Crippen molar-refractivity contribution in [2.24, 2.45) is 0 Å². The molecule has 3 aliphatic heterocycles. The summed E-state index contributed by atoms with van der Waals surface area (Å²) in [5.41, 5.74) is 3.69. The van der Waals surface area contributed by atoms with Gasteiger partial charge >= 0.3 is 0 Å². The van der Waals surface area contributed by atoms with Crippen LogP contribution in [0.15, 0.2) is 24.4 Å². The average molecular weight is 422 g/mol. The van der Waals surface area contributed by atoms with Gasteiger partial charge in [-0.1, -0.05) is 6.07 Å². The minimum atomic E-state index is 0.445. The van der Waals surface area contributed by atoms with E-state index in [1.165, 1.54) is 42.9 Å². The summed E-state index contributed by atoms with van der Waals surface area (Å²) in [6.07, 6.45) is 9.89. The second-order valence-corrected chi connectivity index (χ2v) is 9.31. The number of likely N-dealkylation sites (tertiary alicyclic amines) is 1. The molecule has 2 aromatic rings. The second-order valence-electron chi connectivity index (χ2n) is 9.31. The van der Waals surface area contributed by atoms with E-state index in [0.29, 0.717) is 12.0 Å². The molecule has 2 aromatic heterocycles.